The van der Waals surface area contributed by atoms with Crippen LogP contribution in [0.4, 0.5) is 5.69 Å². The van der Waals surface area contributed by atoms with E-state index in [0.717, 1.165) is 11.4 Å². The van der Waals surface area contributed by atoms with Gasteiger partial charge in [-0.2, -0.15) is 0 Å². The van der Waals surface area contributed by atoms with Gasteiger partial charge in [0.15, 0.2) is 3.95 Å². The number of fused-ring (bicyclic) bond motifs is 1. The molecule has 2 aromatic rings. The highest BCUT2D eigenvalue weighted by molar-refractivity contribution is 7.73. The molecule has 138 valence electrons. The van der Waals surface area contributed by atoms with Gasteiger partial charge in [-0.1, -0.05) is 36.4 Å². The van der Waals surface area contributed by atoms with Gasteiger partial charge in [-0.25, -0.2) is 0 Å². The van der Waals surface area contributed by atoms with E-state index in [-0.39, 0.29) is 5.88 Å². The summed E-state index contributed by atoms with van der Waals surface area (Å²) >= 11 is 6.62. The highest BCUT2D eigenvalue weighted by atomic mass is 32.1. The van der Waals surface area contributed by atoms with E-state index in [9.17, 15) is 5.11 Å². The maximum Gasteiger partial charge on any atom is 0.211 e. The van der Waals surface area contributed by atoms with Crippen molar-refractivity contribution in [3.63, 3.8) is 0 Å². The van der Waals surface area contributed by atoms with Gasteiger partial charge in [0, 0.05) is 36.6 Å². The SMILES string of the molecule is CCN1C=CC(=C/C=C/C=C=Cc2sc(=S)n(CC)c2O)c2ccccc21. The van der Waals surface area contributed by atoms with Crippen LogP contribution < -0.4 is 4.90 Å². The van der Waals surface area contributed by atoms with E-state index in [4.69, 9.17) is 12.2 Å². The highest BCUT2D eigenvalue weighted by Crippen LogP contribution is 2.32. The van der Waals surface area contributed by atoms with Crippen LogP contribution in [0.2, 0.25) is 0 Å². The van der Waals surface area contributed by atoms with Crippen LogP contribution in [0.1, 0.15) is 24.3 Å². The average molecular weight is 395 g/mol. The van der Waals surface area contributed by atoms with Crippen LogP contribution in [0.25, 0.3) is 11.6 Å². The summed E-state index contributed by atoms with van der Waals surface area (Å²) in [6.07, 6.45) is 13.9. The lowest BCUT2D eigenvalue weighted by atomic mass is 9.99. The molecule has 3 rings (SSSR count). The first-order valence-corrected chi connectivity index (χ1v) is 10.1. The summed E-state index contributed by atoms with van der Waals surface area (Å²) in [7, 11) is 0. The molecule has 0 atom stereocenters. The Kier molecular flexibility index (Phi) is 6.30. The fourth-order valence-electron chi connectivity index (χ4n) is 2.91. The minimum absolute atomic E-state index is 0.212. The minimum Gasteiger partial charge on any atom is -0.493 e. The van der Waals surface area contributed by atoms with Crippen molar-refractivity contribution in [1.29, 1.82) is 0 Å². The number of hydrogen-bond donors (Lipinski definition) is 1. The summed E-state index contributed by atoms with van der Waals surface area (Å²) in [6, 6.07) is 8.42. The highest BCUT2D eigenvalue weighted by Gasteiger charge is 2.13. The van der Waals surface area contributed by atoms with Gasteiger partial charge in [0.1, 0.15) is 0 Å². The van der Waals surface area contributed by atoms with Gasteiger partial charge in [0.2, 0.25) is 5.88 Å². The van der Waals surface area contributed by atoms with Crippen molar-refractivity contribution in [1.82, 2.24) is 4.57 Å². The molecule has 1 aliphatic heterocycles. The molecule has 1 aromatic carbocycles. The van der Waals surface area contributed by atoms with E-state index < -0.39 is 0 Å². The molecule has 0 saturated heterocycles. The predicted octanol–water partition coefficient (Wildman–Crippen LogP) is 6.17. The second-order valence-electron chi connectivity index (χ2n) is 5.90. The van der Waals surface area contributed by atoms with Crippen molar-refractivity contribution < 1.29 is 5.11 Å². The number of hydrogen-bond acceptors (Lipinski definition) is 4. The smallest absolute Gasteiger partial charge is 0.211 e. The zero-order valence-electron chi connectivity index (χ0n) is 15.4. The molecule has 0 aliphatic carbocycles. The molecule has 2 heterocycles. The van der Waals surface area contributed by atoms with Crippen LogP contribution in [0, 0.1) is 3.95 Å². The Morgan fingerprint density at radius 2 is 2.00 bits per heavy atom. The average Bonchev–Trinajstić information content (AvgIpc) is 2.97. The Balaban J connectivity index is 1.76. The fourth-order valence-corrected chi connectivity index (χ4v) is 4.24. The second-order valence-corrected chi connectivity index (χ2v) is 7.58. The summed E-state index contributed by atoms with van der Waals surface area (Å²) in [6.45, 7) is 5.72. The lowest BCUT2D eigenvalue weighted by Gasteiger charge is -2.26. The number of aromatic nitrogens is 1. The van der Waals surface area contributed by atoms with E-state index in [2.05, 4.69) is 60.2 Å². The quantitative estimate of drug-likeness (QED) is 0.374. The first-order chi connectivity index (χ1) is 13.2. The number of nitrogens with zero attached hydrogens (tertiary/aromatic N) is 2. The van der Waals surface area contributed by atoms with Crippen LogP contribution in [0.15, 0.2) is 66.6 Å². The summed E-state index contributed by atoms with van der Waals surface area (Å²) in [5.74, 6) is 0.212. The number of anilines is 1. The van der Waals surface area contributed by atoms with Gasteiger partial charge < -0.3 is 10.0 Å². The van der Waals surface area contributed by atoms with Gasteiger partial charge in [-0.15, -0.1) is 17.1 Å². The Hall–Kier alpha value is -2.59. The number of thiazole rings is 1. The van der Waals surface area contributed by atoms with Crippen molar-refractivity contribution in [3.8, 4) is 5.88 Å². The lowest BCUT2D eigenvalue weighted by molar-refractivity contribution is 0.419. The number of benzene rings is 1. The summed E-state index contributed by atoms with van der Waals surface area (Å²) in [5.41, 5.74) is 6.72. The van der Waals surface area contributed by atoms with E-state index in [1.54, 1.807) is 10.6 Å². The molecule has 0 unspecified atom stereocenters. The number of rotatable bonds is 5. The Labute approximate surface area is 169 Å². The number of para-hydroxylation sites is 1. The molecule has 0 spiro atoms. The van der Waals surface area contributed by atoms with Crippen LogP contribution in [-0.4, -0.2) is 16.2 Å². The molecular formula is C22H22N2OS2. The van der Waals surface area contributed by atoms with Gasteiger partial charge in [0.25, 0.3) is 0 Å². The molecule has 27 heavy (non-hydrogen) atoms. The van der Waals surface area contributed by atoms with Gasteiger partial charge >= 0.3 is 0 Å². The fraction of sp³-hybridized carbons (Fsp3) is 0.182. The number of allylic oxidation sites excluding steroid dienone is 6. The first kappa shape index (κ1) is 19.2. The molecule has 0 fully saturated rings. The van der Waals surface area contributed by atoms with E-state index in [1.165, 1.54) is 28.2 Å². The molecule has 0 radical (unpaired) electrons. The standard InChI is InChI=1S/C22H22N2OS2/c1-3-23-16-15-17(18-12-9-10-13-19(18)23)11-7-5-6-8-14-20-21(25)24(4-2)22(26)27-20/h5-7,9-16,25H,3-4H2,1-2H3/b7-5+,17-11?. The zero-order valence-corrected chi connectivity index (χ0v) is 17.1. The van der Waals surface area contributed by atoms with Gasteiger partial charge in [0.05, 0.1) is 4.88 Å². The molecule has 0 amide bonds. The van der Waals surface area contributed by atoms with Crippen LogP contribution >= 0.6 is 23.6 Å². The van der Waals surface area contributed by atoms with Gasteiger partial charge in [-0.3, -0.25) is 4.57 Å². The molecule has 1 aromatic heterocycles. The summed E-state index contributed by atoms with van der Waals surface area (Å²) < 4.78 is 2.38. The molecular weight excluding hydrogens is 372 g/mol. The van der Waals surface area contributed by atoms with Crippen molar-refractivity contribution >= 4 is 40.9 Å². The molecule has 1 N–H and O–H groups in total. The molecule has 0 bridgehead atoms. The zero-order chi connectivity index (χ0) is 19.2. The Bertz CT molecular complexity index is 1030. The predicted molar refractivity (Wildman–Crippen MR) is 119 cm³/mol. The topological polar surface area (TPSA) is 28.4 Å². The van der Waals surface area contributed by atoms with E-state index in [1.807, 2.05) is 25.2 Å². The van der Waals surface area contributed by atoms with E-state index in [0.29, 0.717) is 10.5 Å². The Morgan fingerprint density at radius 3 is 2.74 bits per heavy atom. The van der Waals surface area contributed by atoms with Crippen LogP contribution in [0.5, 0.6) is 5.88 Å². The third-order valence-corrected chi connectivity index (χ3v) is 5.69. The van der Waals surface area contributed by atoms with Gasteiger partial charge in [-0.05, 0) is 49.9 Å². The Morgan fingerprint density at radius 1 is 1.19 bits per heavy atom. The van der Waals surface area contributed by atoms with Crippen molar-refractivity contribution in [2.24, 2.45) is 0 Å². The lowest BCUT2D eigenvalue weighted by Crippen LogP contribution is -2.18. The van der Waals surface area contributed by atoms with Crippen molar-refractivity contribution in [2.45, 2.75) is 20.4 Å². The first-order valence-electron chi connectivity index (χ1n) is 8.92. The normalized spacial score (nSPS) is 14.4. The van der Waals surface area contributed by atoms with Crippen LogP contribution in [0.3, 0.4) is 0 Å². The molecule has 5 heteroatoms. The maximum absolute atomic E-state index is 10.1. The second kappa shape index (κ2) is 8.87. The molecule has 0 saturated carbocycles. The minimum atomic E-state index is 0.212. The summed E-state index contributed by atoms with van der Waals surface area (Å²) in [5, 5.41) is 10.1. The van der Waals surface area contributed by atoms with Crippen molar-refractivity contribution in [2.75, 3.05) is 11.4 Å². The third kappa shape index (κ3) is 4.22. The monoisotopic (exact) mass is 394 g/mol. The molecule has 1 aliphatic rings. The molecule has 3 nitrogen and oxygen atoms in total. The third-order valence-electron chi connectivity index (χ3n) is 4.30. The largest absolute Gasteiger partial charge is 0.493 e. The van der Waals surface area contributed by atoms with Crippen LogP contribution in [-0.2, 0) is 6.54 Å². The number of aromatic hydroxyl groups is 1. The van der Waals surface area contributed by atoms with E-state index >= 15 is 0 Å². The van der Waals surface area contributed by atoms with Crippen molar-refractivity contribution in [3.05, 3.63) is 81.0 Å². The maximum atomic E-state index is 10.1. The summed E-state index contributed by atoms with van der Waals surface area (Å²) in [4.78, 5) is 2.97.